The number of nitrogens with one attached hydrogen (secondary N) is 3. The minimum Gasteiger partial charge on any atom is -0.371 e. The van der Waals surface area contributed by atoms with E-state index in [1.165, 1.54) is 0 Å². The fraction of sp³-hybridized carbons (Fsp3) is 0.263. The number of aromatic nitrogens is 4. The van der Waals surface area contributed by atoms with E-state index in [-0.39, 0.29) is 11.9 Å². The van der Waals surface area contributed by atoms with E-state index in [9.17, 15) is 4.79 Å². The van der Waals surface area contributed by atoms with Crippen LogP contribution in [0, 0.1) is 13.8 Å². The predicted octanol–water partition coefficient (Wildman–Crippen LogP) is 3.02. The lowest BCUT2D eigenvalue weighted by Crippen LogP contribution is -2.27. The van der Waals surface area contributed by atoms with Crippen molar-refractivity contribution in [2.75, 3.05) is 12.4 Å². The molecule has 3 rings (SSSR count). The summed E-state index contributed by atoms with van der Waals surface area (Å²) in [5.41, 5.74) is 5.12. The Bertz CT molecular complexity index is 897. The highest BCUT2D eigenvalue weighted by atomic mass is 16.1. The second kappa shape index (κ2) is 7.35. The van der Waals surface area contributed by atoms with E-state index in [2.05, 4.69) is 30.8 Å². The maximum atomic E-state index is 12.6. The number of carbonyl (C=O) groups excluding carboxylic acids is 1. The minimum atomic E-state index is -0.128. The first-order valence-electron chi connectivity index (χ1n) is 8.42. The molecule has 0 spiro atoms. The third-order valence-electron chi connectivity index (χ3n) is 4.32. The van der Waals surface area contributed by atoms with Crippen LogP contribution in [0.5, 0.6) is 0 Å². The van der Waals surface area contributed by atoms with Gasteiger partial charge in [-0.25, -0.2) is 4.98 Å². The van der Waals surface area contributed by atoms with Gasteiger partial charge < -0.3 is 10.6 Å². The van der Waals surface area contributed by atoms with Crippen LogP contribution in [0.25, 0.3) is 11.3 Å². The van der Waals surface area contributed by atoms with Crippen molar-refractivity contribution in [3.05, 3.63) is 59.2 Å². The molecule has 0 saturated carbocycles. The summed E-state index contributed by atoms with van der Waals surface area (Å²) in [5.74, 6) is 0.571. The molecule has 7 heteroatoms. The van der Waals surface area contributed by atoms with Gasteiger partial charge in [0, 0.05) is 41.8 Å². The summed E-state index contributed by atoms with van der Waals surface area (Å²) >= 11 is 0. The van der Waals surface area contributed by atoms with Crippen molar-refractivity contribution >= 4 is 11.7 Å². The first kappa shape index (κ1) is 17.6. The predicted molar refractivity (Wildman–Crippen MR) is 101 cm³/mol. The number of nitrogens with zero attached hydrogens (tertiary/aromatic N) is 3. The quantitative estimate of drug-likeness (QED) is 0.657. The third kappa shape index (κ3) is 3.42. The van der Waals surface area contributed by atoms with E-state index in [1.807, 2.05) is 32.9 Å². The number of aryl methyl sites for hydroxylation is 2. The Labute approximate surface area is 152 Å². The molecule has 0 aliphatic carbocycles. The number of benzene rings is 1. The van der Waals surface area contributed by atoms with Crippen molar-refractivity contribution in [3.63, 3.8) is 0 Å². The Morgan fingerprint density at radius 3 is 2.42 bits per heavy atom. The SMILES string of the molecule is CNc1nccnc1-c1ccc(C(=O)N[C@H](C)c2c(C)n[nH]c2C)cc1. The van der Waals surface area contributed by atoms with Gasteiger partial charge >= 0.3 is 0 Å². The summed E-state index contributed by atoms with van der Waals surface area (Å²) in [6.45, 7) is 5.83. The Balaban J connectivity index is 1.77. The second-order valence-corrected chi connectivity index (χ2v) is 6.12. The van der Waals surface area contributed by atoms with Gasteiger partial charge in [-0.15, -0.1) is 0 Å². The summed E-state index contributed by atoms with van der Waals surface area (Å²) in [5, 5.41) is 13.2. The smallest absolute Gasteiger partial charge is 0.251 e. The van der Waals surface area contributed by atoms with E-state index in [0.717, 1.165) is 28.2 Å². The molecule has 0 saturated heterocycles. The molecule has 0 radical (unpaired) electrons. The molecule has 0 bridgehead atoms. The molecule has 2 heterocycles. The van der Waals surface area contributed by atoms with Gasteiger partial charge in [0.1, 0.15) is 5.69 Å². The van der Waals surface area contributed by atoms with Gasteiger partial charge in [-0.3, -0.25) is 14.9 Å². The third-order valence-corrected chi connectivity index (χ3v) is 4.32. The summed E-state index contributed by atoms with van der Waals surface area (Å²) in [6.07, 6.45) is 3.28. The standard InChI is InChI=1S/C19H22N6O/c1-11(16-12(2)24-25-13(16)3)23-19(26)15-7-5-14(6-8-15)17-18(20-4)22-10-9-21-17/h5-11H,1-4H3,(H,20,22)(H,23,26)(H,24,25)/t11-/m1/s1. The first-order valence-corrected chi connectivity index (χ1v) is 8.42. The van der Waals surface area contributed by atoms with Crippen LogP contribution >= 0.6 is 0 Å². The van der Waals surface area contributed by atoms with E-state index in [4.69, 9.17) is 0 Å². The lowest BCUT2D eigenvalue weighted by Gasteiger charge is -2.15. The molecule has 2 aromatic heterocycles. The Morgan fingerprint density at radius 1 is 1.12 bits per heavy atom. The van der Waals surface area contributed by atoms with E-state index >= 15 is 0 Å². The van der Waals surface area contributed by atoms with Gasteiger partial charge in [-0.05, 0) is 32.9 Å². The number of hydrogen-bond donors (Lipinski definition) is 3. The number of carbonyl (C=O) groups is 1. The van der Waals surface area contributed by atoms with Crippen LogP contribution in [0.3, 0.4) is 0 Å². The molecule has 26 heavy (non-hydrogen) atoms. The molecule has 7 nitrogen and oxygen atoms in total. The zero-order valence-corrected chi connectivity index (χ0v) is 15.3. The van der Waals surface area contributed by atoms with Crippen molar-refractivity contribution in [1.82, 2.24) is 25.5 Å². The maximum Gasteiger partial charge on any atom is 0.251 e. The fourth-order valence-corrected chi connectivity index (χ4v) is 3.06. The average Bonchev–Trinajstić information content (AvgIpc) is 3.00. The highest BCUT2D eigenvalue weighted by Crippen LogP contribution is 2.24. The zero-order chi connectivity index (χ0) is 18.7. The molecule has 0 aliphatic rings. The van der Waals surface area contributed by atoms with Crippen LogP contribution in [-0.2, 0) is 0 Å². The highest BCUT2D eigenvalue weighted by molar-refractivity contribution is 5.95. The minimum absolute atomic E-state index is 0.128. The molecule has 0 unspecified atom stereocenters. The molecule has 1 atom stereocenters. The summed E-state index contributed by atoms with van der Waals surface area (Å²) in [4.78, 5) is 21.2. The largest absolute Gasteiger partial charge is 0.371 e. The van der Waals surface area contributed by atoms with Gasteiger partial charge in [-0.1, -0.05) is 12.1 Å². The Morgan fingerprint density at radius 2 is 1.81 bits per heavy atom. The molecular weight excluding hydrogens is 328 g/mol. The lowest BCUT2D eigenvalue weighted by atomic mass is 10.0. The van der Waals surface area contributed by atoms with Crippen molar-refractivity contribution < 1.29 is 4.79 Å². The number of hydrogen-bond acceptors (Lipinski definition) is 5. The molecule has 0 aliphatic heterocycles. The van der Waals surface area contributed by atoms with Crippen molar-refractivity contribution in [2.24, 2.45) is 0 Å². The molecule has 1 aromatic carbocycles. The van der Waals surface area contributed by atoms with Crippen LogP contribution < -0.4 is 10.6 Å². The van der Waals surface area contributed by atoms with Crippen molar-refractivity contribution in [2.45, 2.75) is 26.8 Å². The molecule has 0 fully saturated rings. The number of aromatic amines is 1. The maximum absolute atomic E-state index is 12.6. The van der Waals surface area contributed by atoms with Crippen LogP contribution in [0.1, 0.15) is 40.3 Å². The fourth-order valence-electron chi connectivity index (χ4n) is 3.06. The number of rotatable bonds is 5. The first-order chi connectivity index (χ1) is 12.5. The van der Waals surface area contributed by atoms with Gasteiger partial charge in [0.05, 0.1) is 11.7 Å². The van der Waals surface area contributed by atoms with Crippen molar-refractivity contribution in [3.8, 4) is 11.3 Å². The van der Waals surface area contributed by atoms with Gasteiger partial charge in [-0.2, -0.15) is 5.10 Å². The summed E-state index contributed by atoms with van der Waals surface area (Å²) in [7, 11) is 1.80. The summed E-state index contributed by atoms with van der Waals surface area (Å²) < 4.78 is 0. The van der Waals surface area contributed by atoms with Crippen LogP contribution in [0.2, 0.25) is 0 Å². The molecule has 3 N–H and O–H groups in total. The molecular formula is C19H22N6O. The van der Waals surface area contributed by atoms with Crippen LogP contribution in [0.4, 0.5) is 5.82 Å². The van der Waals surface area contributed by atoms with Crippen LogP contribution in [-0.4, -0.2) is 33.1 Å². The Hall–Kier alpha value is -3.22. The molecule has 3 aromatic rings. The normalized spacial score (nSPS) is 11.8. The van der Waals surface area contributed by atoms with Crippen molar-refractivity contribution in [1.29, 1.82) is 0 Å². The number of H-pyrrole nitrogens is 1. The van der Waals surface area contributed by atoms with E-state index < -0.39 is 0 Å². The monoisotopic (exact) mass is 350 g/mol. The highest BCUT2D eigenvalue weighted by Gasteiger charge is 2.17. The number of amides is 1. The van der Waals surface area contributed by atoms with Crippen LogP contribution in [0.15, 0.2) is 36.7 Å². The topological polar surface area (TPSA) is 95.6 Å². The molecule has 1 amide bonds. The Kier molecular flexibility index (Phi) is 4.97. The van der Waals surface area contributed by atoms with Gasteiger partial charge in [0.25, 0.3) is 5.91 Å². The van der Waals surface area contributed by atoms with E-state index in [0.29, 0.717) is 11.4 Å². The summed E-state index contributed by atoms with van der Waals surface area (Å²) in [6, 6.07) is 7.20. The number of anilines is 1. The average molecular weight is 350 g/mol. The molecule has 134 valence electrons. The van der Waals surface area contributed by atoms with Gasteiger partial charge in [0.2, 0.25) is 0 Å². The van der Waals surface area contributed by atoms with E-state index in [1.54, 1.807) is 31.6 Å². The second-order valence-electron chi connectivity index (χ2n) is 6.12. The lowest BCUT2D eigenvalue weighted by molar-refractivity contribution is 0.0940. The zero-order valence-electron chi connectivity index (χ0n) is 15.3. The van der Waals surface area contributed by atoms with Gasteiger partial charge in [0.15, 0.2) is 5.82 Å².